The number of carbonyl (C=O) groups excluding carboxylic acids is 2. The molecule has 3 saturated carbocycles. The van der Waals surface area contributed by atoms with E-state index in [0.29, 0.717) is 47.6 Å². The zero-order valence-electron chi connectivity index (χ0n) is 20.4. The number of hydrogen-bond donors (Lipinski definition) is 0. The monoisotopic (exact) mass is 443 g/mol. The second-order valence-corrected chi connectivity index (χ2v) is 11.9. The molecule has 0 aliphatic heterocycles. The molecule has 5 aliphatic rings. The molecule has 6 rings (SSSR count). The van der Waals surface area contributed by atoms with Crippen molar-refractivity contribution in [2.24, 2.45) is 29.1 Å². The Hall–Kier alpha value is -2.16. The van der Waals surface area contributed by atoms with Gasteiger partial charge in [-0.2, -0.15) is 0 Å². The molecule has 0 aromatic heterocycles. The maximum atomic E-state index is 13.4. The average Bonchev–Trinajstić information content (AvgIpc) is 3.31. The van der Waals surface area contributed by atoms with E-state index in [1.165, 1.54) is 28.8 Å². The van der Waals surface area contributed by atoms with Gasteiger partial charge in [0.05, 0.1) is 0 Å². The van der Waals surface area contributed by atoms with Crippen molar-refractivity contribution < 1.29 is 9.59 Å². The van der Waals surface area contributed by atoms with Gasteiger partial charge in [0.2, 0.25) is 0 Å². The highest BCUT2D eigenvalue weighted by atomic mass is 16.1. The maximum Gasteiger partial charge on any atom is 0.156 e. The molecule has 3 nitrogen and oxygen atoms in total. The van der Waals surface area contributed by atoms with Gasteiger partial charge in [0.1, 0.15) is 5.78 Å². The molecule has 3 heteroatoms. The summed E-state index contributed by atoms with van der Waals surface area (Å²) in [5, 5.41) is 0. The van der Waals surface area contributed by atoms with Crippen LogP contribution >= 0.6 is 0 Å². The first kappa shape index (κ1) is 21.4. The first-order valence-electron chi connectivity index (χ1n) is 13.1. The number of nitrogens with zero attached hydrogens (tertiary/aromatic N) is 1. The van der Waals surface area contributed by atoms with Gasteiger partial charge in [-0.05, 0) is 104 Å². The van der Waals surface area contributed by atoms with Crippen molar-refractivity contribution in [3.8, 4) is 0 Å². The summed E-state index contributed by atoms with van der Waals surface area (Å²) >= 11 is 0. The third kappa shape index (κ3) is 3.21. The van der Waals surface area contributed by atoms with E-state index >= 15 is 0 Å². The first-order valence-corrected chi connectivity index (χ1v) is 13.1. The Morgan fingerprint density at radius 2 is 1.79 bits per heavy atom. The average molecular weight is 444 g/mol. The van der Waals surface area contributed by atoms with Crippen molar-refractivity contribution >= 4 is 17.3 Å². The number of anilines is 1. The number of rotatable bonds is 2. The molecule has 1 aromatic carbocycles. The van der Waals surface area contributed by atoms with Gasteiger partial charge in [0, 0.05) is 44.0 Å². The molecule has 5 aliphatic carbocycles. The van der Waals surface area contributed by atoms with Crippen LogP contribution in [0.1, 0.15) is 76.2 Å². The van der Waals surface area contributed by atoms with Gasteiger partial charge in [0.25, 0.3) is 0 Å². The summed E-state index contributed by atoms with van der Waals surface area (Å²) in [5.41, 5.74) is 7.06. The Balaban J connectivity index is 1.47. The van der Waals surface area contributed by atoms with Crippen molar-refractivity contribution in [3.63, 3.8) is 0 Å². The van der Waals surface area contributed by atoms with E-state index < -0.39 is 0 Å². The highest BCUT2D eigenvalue weighted by Gasteiger charge is 2.60. The molecule has 6 atom stereocenters. The molecular weight excluding hydrogens is 406 g/mol. The molecule has 2 unspecified atom stereocenters. The molecule has 0 bridgehead atoms. The van der Waals surface area contributed by atoms with Crippen molar-refractivity contribution in [3.05, 3.63) is 52.6 Å². The summed E-state index contributed by atoms with van der Waals surface area (Å²) in [4.78, 5) is 27.8. The number of carbonyl (C=O) groups is 2. The zero-order valence-corrected chi connectivity index (χ0v) is 20.4. The molecule has 0 N–H and O–H groups in total. The summed E-state index contributed by atoms with van der Waals surface area (Å²) < 4.78 is 0. The Morgan fingerprint density at radius 3 is 2.48 bits per heavy atom. The first-order chi connectivity index (χ1) is 15.9. The number of allylic oxidation sites excluding steroid dienone is 4. The number of hydrogen-bond acceptors (Lipinski definition) is 3. The van der Waals surface area contributed by atoms with Gasteiger partial charge in [-0.15, -0.1) is 0 Å². The number of ketones is 2. The third-order valence-electron chi connectivity index (χ3n) is 9.96. The highest BCUT2D eigenvalue weighted by Crippen LogP contribution is 2.66. The second-order valence-electron chi connectivity index (χ2n) is 11.9. The maximum absolute atomic E-state index is 13.4. The summed E-state index contributed by atoms with van der Waals surface area (Å²) in [6, 6.07) is 9.16. The van der Waals surface area contributed by atoms with Crippen LogP contribution in [-0.2, 0) is 9.59 Å². The Kier molecular flexibility index (Phi) is 4.98. The lowest BCUT2D eigenvalue weighted by atomic mass is 9.55. The van der Waals surface area contributed by atoms with E-state index in [4.69, 9.17) is 0 Å². The molecule has 3 fully saturated rings. The predicted molar refractivity (Wildman–Crippen MR) is 132 cm³/mol. The van der Waals surface area contributed by atoms with E-state index in [0.717, 1.165) is 44.9 Å². The van der Waals surface area contributed by atoms with Gasteiger partial charge in [-0.25, -0.2) is 0 Å². The standard InChI is InChI=1S/C30H37NO2/c1-18-14-28(33)30(17-18)13-12-24-25-10-6-20-15-22(32)9-11-23(20)29(25)26(16-27(24)30)19-4-7-21(8-5-19)31(2)3/h4-5,7-8,15,18,24-27H,6,9-14,16-17H2,1-3H3/t18?,24-,25-,26+,27?,30+/m0/s1. The van der Waals surface area contributed by atoms with Crippen LogP contribution in [0.4, 0.5) is 5.69 Å². The fourth-order valence-corrected chi connectivity index (χ4v) is 8.65. The lowest BCUT2D eigenvalue weighted by Crippen LogP contribution is -2.41. The summed E-state index contributed by atoms with van der Waals surface area (Å²) in [5.74, 6) is 3.57. The quantitative estimate of drug-likeness (QED) is 0.542. The Bertz CT molecular complexity index is 1060. The molecule has 1 aromatic rings. The summed E-state index contributed by atoms with van der Waals surface area (Å²) in [7, 11) is 4.18. The molecule has 0 saturated heterocycles. The highest BCUT2D eigenvalue weighted by molar-refractivity contribution is 5.93. The van der Waals surface area contributed by atoms with E-state index in [2.05, 4.69) is 50.2 Å². The molecular formula is C30H37NO2. The van der Waals surface area contributed by atoms with Crippen LogP contribution in [-0.4, -0.2) is 25.7 Å². The van der Waals surface area contributed by atoms with Crippen LogP contribution in [0.2, 0.25) is 0 Å². The molecule has 33 heavy (non-hydrogen) atoms. The lowest BCUT2D eigenvalue weighted by Gasteiger charge is -2.49. The Morgan fingerprint density at radius 1 is 1.00 bits per heavy atom. The van der Waals surface area contributed by atoms with E-state index in [1.807, 2.05) is 6.08 Å². The SMILES string of the molecule is CC1CC(=O)[C@]2(CC[C@@H]3C2C[C@H](c2ccc(N(C)C)cc2)C2=C4CCC(=O)C=C4CC[C@H]23)C1. The van der Waals surface area contributed by atoms with Crippen LogP contribution < -0.4 is 4.90 Å². The lowest BCUT2D eigenvalue weighted by molar-refractivity contribution is -0.128. The van der Waals surface area contributed by atoms with Gasteiger partial charge < -0.3 is 4.90 Å². The zero-order chi connectivity index (χ0) is 22.9. The predicted octanol–water partition coefficient (Wildman–Crippen LogP) is 6.25. The number of benzene rings is 1. The fraction of sp³-hybridized carbons (Fsp3) is 0.600. The minimum absolute atomic E-state index is 0.0548. The van der Waals surface area contributed by atoms with Crippen LogP contribution in [0.25, 0.3) is 0 Å². The number of Topliss-reactive ketones (excluding diaryl/α,β-unsaturated/α-hetero) is 1. The van der Waals surface area contributed by atoms with Gasteiger partial charge in [-0.1, -0.05) is 24.6 Å². The second kappa shape index (κ2) is 7.68. The molecule has 1 spiro atoms. The van der Waals surface area contributed by atoms with Crippen molar-refractivity contribution in [2.45, 2.75) is 70.6 Å². The van der Waals surface area contributed by atoms with E-state index in [9.17, 15) is 9.59 Å². The van der Waals surface area contributed by atoms with Crippen molar-refractivity contribution in [2.75, 3.05) is 19.0 Å². The molecule has 0 heterocycles. The largest absolute Gasteiger partial charge is 0.378 e. The summed E-state index contributed by atoms with van der Waals surface area (Å²) in [6.07, 6.45) is 11.1. The van der Waals surface area contributed by atoms with Gasteiger partial charge >= 0.3 is 0 Å². The van der Waals surface area contributed by atoms with Crippen LogP contribution in [0.5, 0.6) is 0 Å². The van der Waals surface area contributed by atoms with E-state index in [-0.39, 0.29) is 5.41 Å². The minimum Gasteiger partial charge on any atom is -0.378 e. The summed E-state index contributed by atoms with van der Waals surface area (Å²) in [6.45, 7) is 2.28. The third-order valence-corrected chi connectivity index (χ3v) is 9.96. The van der Waals surface area contributed by atoms with Crippen LogP contribution in [0.3, 0.4) is 0 Å². The van der Waals surface area contributed by atoms with E-state index in [1.54, 1.807) is 5.57 Å². The minimum atomic E-state index is -0.0548. The number of fused-ring (bicyclic) bond motifs is 5. The normalized spacial score (nSPS) is 37.7. The van der Waals surface area contributed by atoms with Gasteiger partial charge in [-0.3, -0.25) is 9.59 Å². The molecule has 174 valence electrons. The van der Waals surface area contributed by atoms with Crippen LogP contribution in [0, 0.1) is 29.1 Å². The van der Waals surface area contributed by atoms with Crippen molar-refractivity contribution in [1.29, 1.82) is 0 Å². The molecule has 0 radical (unpaired) electrons. The fourth-order valence-electron chi connectivity index (χ4n) is 8.65. The Labute approximate surface area is 198 Å². The van der Waals surface area contributed by atoms with Gasteiger partial charge in [0.15, 0.2) is 5.78 Å². The smallest absolute Gasteiger partial charge is 0.156 e. The topological polar surface area (TPSA) is 37.4 Å². The van der Waals surface area contributed by atoms with Crippen molar-refractivity contribution in [1.82, 2.24) is 0 Å². The molecule has 0 amide bonds. The van der Waals surface area contributed by atoms with Crippen LogP contribution in [0.15, 0.2) is 47.1 Å².